The number of carboxylic acid groups (broad SMARTS) is 1. The fourth-order valence-electron chi connectivity index (χ4n) is 2.53. The molecule has 0 atom stereocenters. The van der Waals surface area contributed by atoms with Crippen LogP contribution in [-0.2, 0) is 4.79 Å². The van der Waals surface area contributed by atoms with Crippen molar-refractivity contribution < 1.29 is 9.90 Å². The molecule has 0 fully saturated rings. The van der Waals surface area contributed by atoms with Crippen molar-refractivity contribution in [3.05, 3.63) is 85.1 Å². The lowest BCUT2D eigenvalue weighted by atomic mass is 10.1. The molecule has 1 N–H and O–H groups in total. The molecule has 0 aromatic rings. The average Bonchev–Trinajstić information content (AvgIpc) is 2.68. The van der Waals surface area contributed by atoms with E-state index in [1.807, 2.05) is 42.5 Å². The Bertz CT molecular complexity index is 557. The minimum atomic E-state index is -0.940. The summed E-state index contributed by atoms with van der Waals surface area (Å²) in [4.78, 5) is 10.2. The molecular weight excluding hydrogens is 344 g/mol. The average molecular weight is 383 g/mol. The van der Waals surface area contributed by atoms with Crippen molar-refractivity contribution in [3.63, 3.8) is 0 Å². The van der Waals surface area contributed by atoms with Crippen molar-refractivity contribution in [2.24, 2.45) is 0 Å². The number of carbonyl (C=O) groups is 1. The van der Waals surface area contributed by atoms with E-state index in [0.29, 0.717) is 0 Å². The van der Waals surface area contributed by atoms with Gasteiger partial charge in [0.15, 0.2) is 0 Å². The van der Waals surface area contributed by atoms with Crippen LogP contribution in [0.25, 0.3) is 0 Å². The molecule has 2 nitrogen and oxygen atoms in total. The largest absolute Gasteiger partial charge is 0.478 e. The lowest BCUT2D eigenvalue weighted by Crippen LogP contribution is -1.84. The third kappa shape index (κ3) is 23.6. The van der Waals surface area contributed by atoms with Crippen molar-refractivity contribution in [1.82, 2.24) is 0 Å². The summed E-state index contributed by atoms with van der Waals surface area (Å²) in [6, 6.07) is 0. The third-order valence-corrected chi connectivity index (χ3v) is 4.07. The molecule has 0 heterocycles. The Morgan fingerprint density at radius 3 is 1.43 bits per heavy atom. The second-order valence-corrected chi connectivity index (χ2v) is 6.67. The Hall–Kier alpha value is -2.35. The second kappa shape index (κ2) is 22.7. The van der Waals surface area contributed by atoms with Gasteiger partial charge in [0.1, 0.15) is 0 Å². The maximum absolute atomic E-state index is 10.2. The summed E-state index contributed by atoms with van der Waals surface area (Å²) < 4.78 is 0. The molecule has 0 aromatic carbocycles. The summed E-state index contributed by atoms with van der Waals surface area (Å²) in [5.41, 5.74) is 0. The molecule has 154 valence electrons. The molecule has 0 radical (unpaired) electrons. The first-order valence-corrected chi connectivity index (χ1v) is 10.7. The van der Waals surface area contributed by atoms with Crippen LogP contribution in [0.15, 0.2) is 85.1 Å². The van der Waals surface area contributed by atoms with Gasteiger partial charge in [0.05, 0.1) is 0 Å². The molecule has 0 amide bonds. The fourth-order valence-corrected chi connectivity index (χ4v) is 2.53. The molecule has 0 aromatic heterocycles. The first kappa shape index (κ1) is 25.6. The van der Waals surface area contributed by atoms with Gasteiger partial charge >= 0.3 is 5.97 Å². The van der Waals surface area contributed by atoms with E-state index >= 15 is 0 Å². The lowest BCUT2D eigenvalue weighted by Gasteiger charge is -2.00. The number of hydrogen-bond donors (Lipinski definition) is 1. The SMILES string of the molecule is CCCCCCCCCCCC=CC=CC=CC=CC=CC=CC=CC(=O)O. The quantitative estimate of drug-likeness (QED) is 0.158. The van der Waals surface area contributed by atoms with Crippen molar-refractivity contribution in [2.75, 3.05) is 0 Å². The third-order valence-electron chi connectivity index (χ3n) is 4.07. The molecule has 0 unspecified atom stereocenters. The van der Waals surface area contributed by atoms with Crippen LogP contribution in [0.1, 0.15) is 71.1 Å². The number of aliphatic carboxylic acids is 1. The second-order valence-electron chi connectivity index (χ2n) is 6.67. The lowest BCUT2D eigenvalue weighted by molar-refractivity contribution is -0.131. The van der Waals surface area contributed by atoms with Gasteiger partial charge in [-0.05, 0) is 12.8 Å². The van der Waals surface area contributed by atoms with Crippen molar-refractivity contribution >= 4 is 5.97 Å². The topological polar surface area (TPSA) is 37.3 Å². The highest BCUT2D eigenvalue weighted by atomic mass is 16.4. The minimum absolute atomic E-state index is 0.940. The first-order chi connectivity index (χ1) is 13.8. The van der Waals surface area contributed by atoms with E-state index in [0.717, 1.165) is 6.08 Å². The smallest absolute Gasteiger partial charge is 0.328 e. The molecule has 0 aliphatic rings. The molecular formula is C26H38O2. The first-order valence-electron chi connectivity index (χ1n) is 10.7. The van der Waals surface area contributed by atoms with Gasteiger partial charge in [-0.1, -0.05) is 137 Å². The molecule has 0 saturated carbocycles. The summed E-state index contributed by atoms with van der Waals surface area (Å²) in [6.07, 6.45) is 39.7. The molecule has 0 aliphatic heterocycles. The van der Waals surface area contributed by atoms with Gasteiger partial charge in [-0.15, -0.1) is 0 Å². The van der Waals surface area contributed by atoms with Crippen LogP contribution in [0.4, 0.5) is 0 Å². The predicted molar refractivity (Wildman–Crippen MR) is 123 cm³/mol. The highest BCUT2D eigenvalue weighted by Crippen LogP contribution is 2.10. The normalized spacial score (nSPS) is 13.2. The highest BCUT2D eigenvalue weighted by molar-refractivity contribution is 5.80. The van der Waals surface area contributed by atoms with Gasteiger partial charge in [-0.25, -0.2) is 4.79 Å². The Morgan fingerprint density at radius 1 is 0.571 bits per heavy atom. The van der Waals surface area contributed by atoms with Crippen molar-refractivity contribution in [3.8, 4) is 0 Å². The Balaban J connectivity index is 3.58. The van der Waals surface area contributed by atoms with E-state index in [-0.39, 0.29) is 0 Å². The zero-order valence-electron chi connectivity index (χ0n) is 17.5. The number of rotatable bonds is 17. The standard InChI is InChI=1S/C26H38O2/c1-2-3-4-5-6-7-8-9-10-11-12-13-14-15-16-17-18-19-20-21-22-23-24-25-26(27)28/h12-25H,2-11H2,1H3,(H,27,28). The van der Waals surface area contributed by atoms with E-state index in [1.165, 1.54) is 70.3 Å². The zero-order valence-corrected chi connectivity index (χ0v) is 17.5. The molecule has 0 rings (SSSR count). The maximum atomic E-state index is 10.2. The van der Waals surface area contributed by atoms with Crippen LogP contribution in [0.3, 0.4) is 0 Å². The monoisotopic (exact) mass is 382 g/mol. The predicted octanol–water partition coefficient (Wildman–Crippen LogP) is 7.89. The van der Waals surface area contributed by atoms with Crippen LogP contribution in [-0.4, -0.2) is 11.1 Å². The van der Waals surface area contributed by atoms with E-state index in [4.69, 9.17) is 5.11 Å². The fraction of sp³-hybridized carbons (Fsp3) is 0.423. The van der Waals surface area contributed by atoms with Gasteiger partial charge in [0, 0.05) is 6.08 Å². The zero-order chi connectivity index (χ0) is 20.5. The Labute approximate surface area is 172 Å². The highest BCUT2D eigenvalue weighted by Gasteiger charge is 1.90. The van der Waals surface area contributed by atoms with E-state index in [2.05, 4.69) is 25.2 Å². The Morgan fingerprint density at radius 2 is 0.964 bits per heavy atom. The summed E-state index contributed by atoms with van der Waals surface area (Å²) in [6.45, 7) is 2.27. The number of unbranched alkanes of at least 4 members (excludes halogenated alkanes) is 9. The Kier molecular flexibility index (Phi) is 20.8. The van der Waals surface area contributed by atoms with Crippen molar-refractivity contribution in [1.29, 1.82) is 0 Å². The van der Waals surface area contributed by atoms with Crippen LogP contribution < -0.4 is 0 Å². The van der Waals surface area contributed by atoms with Gasteiger partial charge in [0.2, 0.25) is 0 Å². The van der Waals surface area contributed by atoms with Crippen molar-refractivity contribution in [2.45, 2.75) is 71.1 Å². The van der Waals surface area contributed by atoms with Gasteiger partial charge < -0.3 is 5.11 Å². The summed E-state index contributed by atoms with van der Waals surface area (Å²) in [5, 5.41) is 8.42. The maximum Gasteiger partial charge on any atom is 0.328 e. The van der Waals surface area contributed by atoms with E-state index < -0.39 is 5.97 Å². The van der Waals surface area contributed by atoms with Crippen LogP contribution in [0.5, 0.6) is 0 Å². The van der Waals surface area contributed by atoms with E-state index in [1.54, 1.807) is 12.2 Å². The van der Waals surface area contributed by atoms with Gasteiger partial charge in [-0.3, -0.25) is 0 Å². The molecule has 2 heteroatoms. The molecule has 28 heavy (non-hydrogen) atoms. The van der Waals surface area contributed by atoms with Gasteiger partial charge in [0.25, 0.3) is 0 Å². The van der Waals surface area contributed by atoms with Crippen LogP contribution >= 0.6 is 0 Å². The molecule has 0 saturated heterocycles. The number of hydrogen-bond acceptors (Lipinski definition) is 1. The van der Waals surface area contributed by atoms with Gasteiger partial charge in [-0.2, -0.15) is 0 Å². The van der Waals surface area contributed by atoms with Crippen LogP contribution in [0, 0.1) is 0 Å². The number of carboxylic acids is 1. The molecule has 0 bridgehead atoms. The van der Waals surface area contributed by atoms with E-state index in [9.17, 15) is 4.79 Å². The molecule has 0 spiro atoms. The van der Waals surface area contributed by atoms with Crippen LogP contribution in [0.2, 0.25) is 0 Å². The minimum Gasteiger partial charge on any atom is -0.478 e. The summed E-state index contributed by atoms with van der Waals surface area (Å²) in [7, 11) is 0. The summed E-state index contributed by atoms with van der Waals surface area (Å²) in [5.74, 6) is -0.940. The number of allylic oxidation sites excluding steroid dienone is 13. The molecule has 0 aliphatic carbocycles. The summed E-state index contributed by atoms with van der Waals surface area (Å²) >= 11 is 0.